The van der Waals surface area contributed by atoms with E-state index in [0.29, 0.717) is 16.2 Å². The van der Waals surface area contributed by atoms with Crippen LogP contribution in [0.25, 0.3) is 0 Å². The third-order valence-electron chi connectivity index (χ3n) is 2.40. The monoisotopic (exact) mass is 397 g/mol. The fourth-order valence-electron chi connectivity index (χ4n) is 1.37. The number of urea groups is 1. The topological polar surface area (TPSA) is 96.9 Å². The average Bonchev–Trinajstić information content (AvgIpc) is 2.99. The van der Waals surface area contributed by atoms with Gasteiger partial charge in [-0.2, -0.15) is 18.2 Å². The second-order valence-electron chi connectivity index (χ2n) is 4.37. The summed E-state index contributed by atoms with van der Waals surface area (Å²) in [4.78, 5) is 36.8. The first-order valence-electron chi connectivity index (χ1n) is 6.61. The number of alkyl halides is 3. The van der Waals surface area contributed by atoms with Gasteiger partial charge in [0, 0.05) is 11.8 Å². The number of carbonyl (C=O) groups is 3. The lowest BCUT2D eigenvalue weighted by Gasteiger charge is -2.06. The summed E-state index contributed by atoms with van der Waals surface area (Å²) in [7, 11) is 0. The maximum Gasteiger partial charge on any atom is 0.425 e. The predicted molar refractivity (Wildman–Crippen MR) is 87.3 cm³/mol. The number of halogens is 3. The van der Waals surface area contributed by atoms with Crippen LogP contribution in [0.4, 0.5) is 18.0 Å². The van der Waals surface area contributed by atoms with Crippen molar-refractivity contribution in [2.75, 3.05) is 12.9 Å². The van der Waals surface area contributed by atoms with E-state index in [9.17, 15) is 27.6 Å². The van der Waals surface area contributed by atoms with Gasteiger partial charge in [-0.25, -0.2) is 4.79 Å². The molecular formula is C13H14F3N3O4S2. The molecule has 0 aromatic carbocycles. The molecule has 0 radical (unpaired) electrons. The van der Waals surface area contributed by atoms with E-state index >= 15 is 0 Å². The molecule has 1 heterocycles. The van der Waals surface area contributed by atoms with Crippen LogP contribution in [0.2, 0.25) is 0 Å². The second-order valence-corrected chi connectivity index (χ2v) is 6.34. The first kappa shape index (κ1) is 21.0. The molecule has 1 rings (SSSR count). The Balaban J connectivity index is 2.54. The molecular weight excluding hydrogens is 383 g/mol. The van der Waals surface area contributed by atoms with Crippen LogP contribution in [0, 0.1) is 0 Å². The largest absolute Gasteiger partial charge is 0.456 e. The number of nitrogens with zero attached hydrogens (tertiary/aromatic N) is 1. The molecule has 0 atom stereocenters. The van der Waals surface area contributed by atoms with E-state index in [-0.39, 0.29) is 11.7 Å². The number of esters is 1. The molecule has 0 saturated carbocycles. The molecule has 0 unspecified atom stereocenters. The lowest BCUT2D eigenvalue weighted by atomic mass is 10.4. The number of carbonyl (C=O) groups excluding carboxylic acids is 3. The zero-order chi connectivity index (χ0) is 19.0. The molecule has 2 N–H and O–H groups in total. The first-order chi connectivity index (χ1) is 11.6. The molecule has 1 aromatic rings. The zero-order valence-electron chi connectivity index (χ0n) is 13.1. The molecule has 0 aliphatic rings. The molecule has 0 aliphatic carbocycles. The Morgan fingerprint density at radius 3 is 2.52 bits per heavy atom. The number of rotatable bonds is 4. The van der Waals surface area contributed by atoms with E-state index in [1.54, 1.807) is 6.26 Å². The molecule has 7 nitrogen and oxygen atoms in total. The van der Waals surface area contributed by atoms with Gasteiger partial charge >= 0.3 is 18.2 Å². The van der Waals surface area contributed by atoms with Crippen LogP contribution in [-0.2, 0) is 27.0 Å². The van der Waals surface area contributed by atoms with Gasteiger partial charge in [0.15, 0.2) is 11.8 Å². The molecule has 3 amide bonds. The van der Waals surface area contributed by atoms with Crippen LogP contribution in [0.5, 0.6) is 0 Å². The Hall–Kier alpha value is -2.08. The number of aliphatic imine (C=N–C) groups is 1. The molecule has 12 heteroatoms. The van der Waals surface area contributed by atoms with Crippen LogP contribution >= 0.6 is 23.1 Å². The summed E-state index contributed by atoms with van der Waals surface area (Å²) in [5, 5.41) is 4.54. The zero-order valence-corrected chi connectivity index (χ0v) is 14.7. The average molecular weight is 397 g/mol. The molecule has 0 fully saturated rings. The molecule has 0 bridgehead atoms. The summed E-state index contributed by atoms with van der Waals surface area (Å²) in [6.07, 6.45) is -2.88. The smallest absolute Gasteiger partial charge is 0.425 e. The highest BCUT2D eigenvalue weighted by molar-refractivity contribution is 8.13. The Labute approximate surface area is 149 Å². The fourth-order valence-corrected chi connectivity index (χ4v) is 2.57. The van der Waals surface area contributed by atoms with Crippen molar-refractivity contribution in [3.05, 3.63) is 21.9 Å². The summed E-state index contributed by atoms with van der Waals surface area (Å²) in [5.74, 6) is -1.31. The van der Waals surface area contributed by atoms with E-state index in [2.05, 4.69) is 20.4 Å². The summed E-state index contributed by atoms with van der Waals surface area (Å²) in [6, 6.07) is 1.35. The Morgan fingerprint density at radius 1 is 1.32 bits per heavy atom. The highest BCUT2D eigenvalue weighted by Crippen LogP contribution is 2.34. The van der Waals surface area contributed by atoms with Gasteiger partial charge in [-0.3, -0.25) is 9.59 Å². The molecule has 25 heavy (non-hydrogen) atoms. The second kappa shape index (κ2) is 9.42. The minimum absolute atomic E-state index is 0.0446. The van der Waals surface area contributed by atoms with Gasteiger partial charge in [-0.15, -0.1) is 11.3 Å². The SMILES string of the molecule is CSC(=NC(=O)NCc1ccc(C(F)(F)F)s1)NC(=O)COC(C)=O. The van der Waals surface area contributed by atoms with Gasteiger partial charge in [-0.1, -0.05) is 11.8 Å². The van der Waals surface area contributed by atoms with Crippen molar-refractivity contribution in [1.29, 1.82) is 0 Å². The fraction of sp³-hybridized carbons (Fsp3) is 0.385. The number of amides is 3. The number of ether oxygens (including phenoxy) is 1. The van der Waals surface area contributed by atoms with E-state index in [4.69, 9.17) is 0 Å². The van der Waals surface area contributed by atoms with Crippen molar-refractivity contribution in [2.45, 2.75) is 19.6 Å². The molecule has 0 aliphatic heterocycles. The van der Waals surface area contributed by atoms with Crippen molar-refractivity contribution < 1.29 is 32.3 Å². The third kappa shape index (κ3) is 8.03. The van der Waals surface area contributed by atoms with Gasteiger partial charge in [0.05, 0.1) is 6.54 Å². The van der Waals surface area contributed by atoms with Gasteiger partial charge < -0.3 is 15.4 Å². The van der Waals surface area contributed by atoms with Crippen LogP contribution < -0.4 is 10.6 Å². The standard InChI is InChI=1S/C13H14F3N3O4S2/c1-7(20)23-6-10(21)18-12(24-2)19-11(22)17-5-8-3-4-9(25-8)13(14,15)16/h3-4H,5-6H2,1-2H3,(H2,17,18,19,21,22). The quantitative estimate of drug-likeness (QED) is 0.462. The summed E-state index contributed by atoms with van der Waals surface area (Å²) in [5.41, 5.74) is 0. The van der Waals surface area contributed by atoms with Gasteiger partial charge in [0.1, 0.15) is 4.88 Å². The maximum absolute atomic E-state index is 12.5. The van der Waals surface area contributed by atoms with Crippen LogP contribution in [0.15, 0.2) is 17.1 Å². The van der Waals surface area contributed by atoms with E-state index < -0.39 is 35.6 Å². The normalized spacial score (nSPS) is 11.8. The Morgan fingerprint density at radius 2 is 2.00 bits per heavy atom. The summed E-state index contributed by atoms with van der Waals surface area (Å²) in [6.45, 7) is 0.483. The number of amidine groups is 1. The number of hydrogen-bond donors (Lipinski definition) is 2. The predicted octanol–water partition coefficient (Wildman–Crippen LogP) is 2.37. The number of thiophene rings is 1. The number of hydrogen-bond acceptors (Lipinski definition) is 6. The van der Waals surface area contributed by atoms with Gasteiger partial charge in [-0.05, 0) is 18.4 Å². The van der Waals surface area contributed by atoms with Crippen LogP contribution in [0.3, 0.4) is 0 Å². The third-order valence-corrected chi connectivity index (χ3v) is 4.11. The lowest BCUT2D eigenvalue weighted by Crippen LogP contribution is -2.33. The summed E-state index contributed by atoms with van der Waals surface area (Å²) >= 11 is 1.48. The number of thioether (sulfide) groups is 1. The highest BCUT2D eigenvalue weighted by Gasteiger charge is 2.32. The van der Waals surface area contributed by atoms with E-state index in [1.807, 2.05) is 0 Å². The molecule has 138 valence electrons. The maximum atomic E-state index is 12.5. The van der Waals surface area contributed by atoms with Crippen molar-refractivity contribution in [1.82, 2.24) is 10.6 Å². The van der Waals surface area contributed by atoms with Crippen molar-refractivity contribution in [2.24, 2.45) is 4.99 Å². The van der Waals surface area contributed by atoms with Crippen LogP contribution in [0.1, 0.15) is 16.7 Å². The summed E-state index contributed by atoms with van der Waals surface area (Å²) < 4.78 is 41.9. The molecule has 0 saturated heterocycles. The van der Waals surface area contributed by atoms with Crippen LogP contribution in [-0.4, -0.2) is 35.9 Å². The van der Waals surface area contributed by atoms with Crippen molar-refractivity contribution in [3.63, 3.8) is 0 Å². The number of nitrogens with one attached hydrogen (secondary N) is 2. The molecule has 1 aromatic heterocycles. The van der Waals surface area contributed by atoms with E-state index in [0.717, 1.165) is 24.8 Å². The van der Waals surface area contributed by atoms with Crippen molar-refractivity contribution >= 4 is 46.2 Å². The lowest BCUT2D eigenvalue weighted by molar-refractivity contribution is -0.145. The van der Waals surface area contributed by atoms with E-state index in [1.165, 1.54) is 6.07 Å². The van der Waals surface area contributed by atoms with Gasteiger partial charge in [0.25, 0.3) is 5.91 Å². The highest BCUT2D eigenvalue weighted by atomic mass is 32.2. The Kier molecular flexibility index (Phi) is 7.90. The Bertz CT molecular complexity index is 674. The minimum atomic E-state index is -4.43. The first-order valence-corrected chi connectivity index (χ1v) is 8.65. The van der Waals surface area contributed by atoms with Crippen molar-refractivity contribution in [3.8, 4) is 0 Å². The minimum Gasteiger partial charge on any atom is -0.456 e. The van der Waals surface area contributed by atoms with Gasteiger partial charge in [0.2, 0.25) is 0 Å². The molecule has 0 spiro atoms.